The molecule has 0 aliphatic heterocycles. The first-order chi connectivity index (χ1) is 16.2. The Morgan fingerprint density at radius 3 is 1.70 bits per heavy atom. The normalized spacial score (nSPS) is 11.0. The zero-order valence-electron chi connectivity index (χ0n) is 21.0. The average molecular weight is 469 g/mol. The number of carbonyl (C=O) groups is 1. The lowest BCUT2D eigenvalue weighted by atomic mass is 10.0. The molecule has 182 valence electrons. The summed E-state index contributed by atoms with van der Waals surface area (Å²) < 4.78 is 5.43. The van der Waals surface area contributed by atoms with Crippen LogP contribution in [-0.4, -0.2) is 18.3 Å². The molecule has 0 radical (unpaired) electrons. The fourth-order valence-corrected chi connectivity index (χ4v) is 4.83. The molecule has 0 saturated carbocycles. The van der Waals surface area contributed by atoms with E-state index in [1.54, 1.807) is 0 Å². The van der Waals surface area contributed by atoms with Gasteiger partial charge in [0.2, 0.25) is 0 Å². The monoisotopic (exact) mass is 468 g/mol. The zero-order chi connectivity index (χ0) is 23.6. The number of thioether (sulfide) groups is 1. The Bertz CT molecular complexity index is 752. The molecule has 0 amide bonds. The van der Waals surface area contributed by atoms with Crippen LogP contribution >= 0.6 is 11.8 Å². The number of unbranched alkanes of at least 4 members (excludes halogenated alkanes) is 11. The van der Waals surface area contributed by atoms with E-state index in [1.807, 2.05) is 36.0 Å². The van der Waals surface area contributed by atoms with Crippen LogP contribution in [0.2, 0.25) is 0 Å². The standard InChI is InChI=1S/C30H44O2S/c1-3-5-7-9-11-13-15-25-33-29-22-20-27(21-23-29)26-16-18-28(19-17-26)30(31)32-24-14-12-10-8-6-4-2/h16-23H,3-15,24-25H2,1-2H3. The highest BCUT2D eigenvalue weighted by Crippen LogP contribution is 2.25. The number of ether oxygens (including phenoxy) is 1. The quantitative estimate of drug-likeness (QED) is 0.124. The molecule has 0 aliphatic carbocycles. The van der Waals surface area contributed by atoms with Gasteiger partial charge in [-0.05, 0) is 54.0 Å². The molecule has 0 aromatic heterocycles. The van der Waals surface area contributed by atoms with E-state index in [0.29, 0.717) is 12.2 Å². The minimum atomic E-state index is -0.216. The number of rotatable bonds is 18. The Kier molecular flexibility index (Phi) is 14.8. The zero-order valence-corrected chi connectivity index (χ0v) is 21.8. The highest BCUT2D eigenvalue weighted by atomic mass is 32.2. The Balaban J connectivity index is 1.67. The minimum Gasteiger partial charge on any atom is -0.462 e. The van der Waals surface area contributed by atoms with Crippen molar-refractivity contribution in [3.8, 4) is 11.1 Å². The van der Waals surface area contributed by atoms with E-state index >= 15 is 0 Å². The average Bonchev–Trinajstić information content (AvgIpc) is 2.85. The number of carbonyl (C=O) groups excluding carboxylic acids is 1. The Morgan fingerprint density at radius 2 is 1.12 bits per heavy atom. The molecule has 0 atom stereocenters. The summed E-state index contributed by atoms with van der Waals surface area (Å²) in [7, 11) is 0. The molecule has 2 nitrogen and oxygen atoms in total. The summed E-state index contributed by atoms with van der Waals surface area (Å²) in [5.74, 6) is 0.982. The fraction of sp³-hybridized carbons (Fsp3) is 0.567. The Hall–Kier alpha value is -1.74. The lowest BCUT2D eigenvalue weighted by Gasteiger charge is -2.07. The summed E-state index contributed by atoms with van der Waals surface area (Å²) in [4.78, 5) is 13.6. The van der Waals surface area contributed by atoms with E-state index in [9.17, 15) is 4.79 Å². The molecule has 2 rings (SSSR count). The Labute approximate surface area is 206 Å². The van der Waals surface area contributed by atoms with Crippen molar-refractivity contribution in [3.63, 3.8) is 0 Å². The molecular weight excluding hydrogens is 424 g/mol. The van der Waals surface area contributed by atoms with Crippen LogP contribution in [0.3, 0.4) is 0 Å². The first-order valence-corrected chi connectivity index (χ1v) is 14.2. The second kappa shape index (κ2) is 17.7. The second-order valence-electron chi connectivity index (χ2n) is 8.98. The van der Waals surface area contributed by atoms with Gasteiger partial charge in [-0.1, -0.05) is 109 Å². The lowest BCUT2D eigenvalue weighted by molar-refractivity contribution is 0.0497. The number of benzene rings is 2. The van der Waals surface area contributed by atoms with Crippen LogP contribution in [0.5, 0.6) is 0 Å². The summed E-state index contributed by atoms with van der Waals surface area (Å²) >= 11 is 1.95. The highest BCUT2D eigenvalue weighted by molar-refractivity contribution is 7.99. The predicted octanol–water partition coefficient (Wildman–Crippen LogP) is 9.71. The van der Waals surface area contributed by atoms with Gasteiger partial charge < -0.3 is 4.74 Å². The first kappa shape index (κ1) is 27.5. The topological polar surface area (TPSA) is 26.3 Å². The van der Waals surface area contributed by atoms with Crippen LogP contribution in [-0.2, 0) is 4.74 Å². The molecule has 2 aromatic rings. The van der Waals surface area contributed by atoms with Gasteiger partial charge in [-0.3, -0.25) is 0 Å². The van der Waals surface area contributed by atoms with Crippen molar-refractivity contribution < 1.29 is 9.53 Å². The molecule has 33 heavy (non-hydrogen) atoms. The Morgan fingerprint density at radius 1 is 0.636 bits per heavy atom. The van der Waals surface area contributed by atoms with Gasteiger partial charge in [0.15, 0.2) is 0 Å². The van der Waals surface area contributed by atoms with Crippen LogP contribution in [0.25, 0.3) is 11.1 Å². The largest absolute Gasteiger partial charge is 0.462 e. The van der Waals surface area contributed by atoms with E-state index in [-0.39, 0.29) is 5.97 Å². The molecule has 0 fully saturated rings. The van der Waals surface area contributed by atoms with Gasteiger partial charge in [0.25, 0.3) is 0 Å². The van der Waals surface area contributed by atoms with E-state index in [0.717, 1.165) is 18.4 Å². The summed E-state index contributed by atoms with van der Waals surface area (Å²) in [5, 5.41) is 0. The minimum absolute atomic E-state index is 0.216. The third-order valence-corrected chi connectivity index (χ3v) is 7.15. The van der Waals surface area contributed by atoms with Crippen molar-refractivity contribution in [2.24, 2.45) is 0 Å². The SMILES string of the molecule is CCCCCCCCCSc1ccc(-c2ccc(C(=O)OCCCCCCCC)cc2)cc1. The van der Waals surface area contributed by atoms with Crippen molar-refractivity contribution in [1.82, 2.24) is 0 Å². The van der Waals surface area contributed by atoms with Crippen molar-refractivity contribution in [3.05, 3.63) is 54.1 Å². The maximum atomic E-state index is 12.3. The number of esters is 1. The van der Waals surface area contributed by atoms with E-state index in [1.165, 1.54) is 86.8 Å². The van der Waals surface area contributed by atoms with Crippen molar-refractivity contribution in [2.75, 3.05) is 12.4 Å². The maximum absolute atomic E-state index is 12.3. The highest BCUT2D eigenvalue weighted by Gasteiger charge is 2.07. The lowest BCUT2D eigenvalue weighted by Crippen LogP contribution is -2.06. The van der Waals surface area contributed by atoms with Gasteiger partial charge in [0, 0.05) is 4.90 Å². The van der Waals surface area contributed by atoms with E-state index in [4.69, 9.17) is 4.74 Å². The second-order valence-corrected chi connectivity index (χ2v) is 10.1. The van der Waals surface area contributed by atoms with Gasteiger partial charge in [-0.25, -0.2) is 4.79 Å². The maximum Gasteiger partial charge on any atom is 0.338 e. The molecule has 0 N–H and O–H groups in total. The first-order valence-electron chi connectivity index (χ1n) is 13.2. The van der Waals surface area contributed by atoms with Crippen molar-refractivity contribution in [2.45, 2.75) is 102 Å². The number of hydrogen-bond acceptors (Lipinski definition) is 3. The van der Waals surface area contributed by atoms with Crippen molar-refractivity contribution >= 4 is 17.7 Å². The molecule has 0 unspecified atom stereocenters. The smallest absolute Gasteiger partial charge is 0.338 e. The molecular formula is C30H44O2S. The van der Waals surface area contributed by atoms with Gasteiger partial charge in [-0.15, -0.1) is 11.8 Å². The van der Waals surface area contributed by atoms with E-state index < -0.39 is 0 Å². The molecule has 2 aromatic carbocycles. The van der Waals surface area contributed by atoms with Gasteiger partial charge in [-0.2, -0.15) is 0 Å². The van der Waals surface area contributed by atoms with Crippen LogP contribution in [0.4, 0.5) is 0 Å². The van der Waals surface area contributed by atoms with Gasteiger partial charge in [0.05, 0.1) is 12.2 Å². The van der Waals surface area contributed by atoms with E-state index in [2.05, 4.69) is 38.1 Å². The fourth-order valence-electron chi connectivity index (χ4n) is 3.92. The third-order valence-electron chi connectivity index (χ3n) is 6.06. The summed E-state index contributed by atoms with van der Waals surface area (Å²) in [6.07, 6.45) is 16.7. The number of hydrogen-bond donors (Lipinski definition) is 0. The van der Waals surface area contributed by atoms with Gasteiger partial charge >= 0.3 is 5.97 Å². The summed E-state index contributed by atoms with van der Waals surface area (Å²) in [6, 6.07) is 16.6. The molecule has 0 heterocycles. The van der Waals surface area contributed by atoms with Crippen LogP contribution in [0.15, 0.2) is 53.4 Å². The van der Waals surface area contributed by atoms with Gasteiger partial charge in [0.1, 0.15) is 0 Å². The summed E-state index contributed by atoms with van der Waals surface area (Å²) in [5.41, 5.74) is 2.94. The molecule has 0 bridgehead atoms. The molecule has 0 saturated heterocycles. The third kappa shape index (κ3) is 11.8. The predicted molar refractivity (Wildman–Crippen MR) is 144 cm³/mol. The van der Waals surface area contributed by atoms with Crippen molar-refractivity contribution in [1.29, 1.82) is 0 Å². The molecule has 3 heteroatoms. The summed E-state index contributed by atoms with van der Waals surface area (Å²) in [6.45, 7) is 5.01. The van der Waals surface area contributed by atoms with Crippen LogP contribution in [0, 0.1) is 0 Å². The molecule has 0 spiro atoms. The van der Waals surface area contributed by atoms with Crippen LogP contribution < -0.4 is 0 Å². The van der Waals surface area contributed by atoms with Crippen LogP contribution in [0.1, 0.15) is 108 Å². The molecule has 0 aliphatic rings.